The van der Waals surface area contributed by atoms with Crippen LogP contribution in [-0.2, 0) is 4.74 Å². The first-order chi connectivity index (χ1) is 6.79. The van der Waals surface area contributed by atoms with Gasteiger partial charge in [-0.05, 0) is 20.8 Å². The molecule has 0 radical (unpaired) electrons. The van der Waals surface area contributed by atoms with Crippen molar-refractivity contribution >= 4 is 22.3 Å². The number of ether oxygens (including phenoxy) is 1. The molecule has 0 atom stereocenters. The van der Waals surface area contributed by atoms with E-state index in [1.54, 1.807) is 20.8 Å². The smallest absolute Gasteiger partial charge is 0.339 e. The van der Waals surface area contributed by atoms with E-state index in [1.165, 1.54) is 11.4 Å². The van der Waals surface area contributed by atoms with Crippen LogP contribution in [0.2, 0.25) is 0 Å². The Morgan fingerprint density at radius 1 is 1.53 bits per heavy atom. The maximum Gasteiger partial charge on any atom is 0.339 e. The number of hydrogen-bond donors (Lipinski definition) is 0. The molecule has 5 nitrogen and oxygen atoms in total. The molecule has 0 unspecified atom stereocenters. The Kier molecular flexibility index (Phi) is 3.09. The van der Waals surface area contributed by atoms with E-state index in [0.717, 1.165) is 11.3 Å². The van der Waals surface area contributed by atoms with Gasteiger partial charge in [-0.15, -0.1) is 0 Å². The third-order valence-electron chi connectivity index (χ3n) is 1.40. The fourth-order valence-corrected chi connectivity index (χ4v) is 1.56. The van der Waals surface area contributed by atoms with Crippen LogP contribution in [0.15, 0.2) is 11.4 Å². The Labute approximate surface area is 90.8 Å². The highest BCUT2D eigenvalue weighted by Gasteiger charge is 2.21. The van der Waals surface area contributed by atoms with Crippen LogP contribution in [0.4, 0.5) is 5.00 Å². The zero-order valence-electron chi connectivity index (χ0n) is 8.64. The van der Waals surface area contributed by atoms with Crippen LogP contribution < -0.4 is 0 Å². The van der Waals surface area contributed by atoms with Crippen molar-refractivity contribution in [2.45, 2.75) is 26.4 Å². The molecule has 0 bridgehead atoms. The molecule has 0 aliphatic rings. The number of nitro groups is 1. The molecule has 0 aliphatic heterocycles. The first-order valence-corrected chi connectivity index (χ1v) is 5.14. The number of rotatable bonds is 2. The van der Waals surface area contributed by atoms with Crippen molar-refractivity contribution in [2.24, 2.45) is 0 Å². The molecule has 0 aromatic carbocycles. The van der Waals surface area contributed by atoms with E-state index in [1.807, 2.05) is 0 Å². The van der Waals surface area contributed by atoms with E-state index >= 15 is 0 Å². The zero-order valence-corrected chi connectivity index (χ0v) is 9.46. The highest BCUT2D eigenvalue weighted by molar-refractivity contribution is 7.13. The largest absolute Gasteiger partial charge is 0.456 e. The minimum absolute atomic E-state index is 0.0594. The Bertz CT molecular complexity index is 391. The maximum absolute atomic E-state index is 11.5. The number of nitrogens with zero attached hydrogens (tertiary/aromatic N) is 1. The predicted octanol–water partition coefficient (Wildman–Crippen LogP) is 2.61. The van der Waals surface area contributed by atoms with Crippen LogP contribution in [0, 0.1) is 10.1 Å². The van der Waals surface area contributed by atoms with Gasteiger partial charge in [0.25, 0.3) is 0 Å². The molecule has 1 aromatic heterocycles. The summed E-state index contributed by atoms with van der Waals surface area (Å²) in [5.41, 5.74) is -0.366. The van der Waals surface area contributed by atoms with E-state index in [4.69, 9.17) is 4.74 Å². The van der Waals surface area contributed by atoms with Gasteiger partial charge in [0.1, 0.15) is 5.60 Å². The molecule has 0 amide bonds. The summed E-state index contributed by atoms with van der Waals surface area (Å²) in [7, 11) is 0. The molecule has 1 aromatic rings. The standard InChI is InChI=1S/C9H11NO4S/c1-9(2,3)14-8(11)6-4-7(10(12)13)15-5-6/h4-5H,1-3H3. The minimum atomic E-state index is -0.589. The summed E-state index contributed by atoms with van der Waals surface area (Å²) in [6.07, 6.45) is 0. The normalized spacial score (nSPS) is 11.1. The second-order valence-electron chi connectivity index (χ2n) is 3.93. The summed E-state index contributed by atoms with van der Waals surface area (Å²) >= 11 is 0.912. The molecule has 0 saturated carbocycles. The Hall–Kier alpha value is -1.43. The van der Waals surface area contributed by atoms with Crippen molar-refractivity contribution in [2.75, 3.05) is 0 Å². The van der Waals surface area contributed by atoms with Crippen molar-refractivity contribution in [1.82, 2.24) is 0 Å². The second-order valence-corrected chi connectivity index (χ2v) is 4.82. The zero-order chi connectivity index (χ0) is 11.6. The van der Waals surface area contributed by atoms with E-state index in [9.17, 15) is 14.9 Å². The van der Waals surface area contributed by atoms with Crippen molar-refractivity contribution < 1.29 is 14.5 Å². The van der Waals surface area contributed by atoms with Crippen molar-refractivity contribution in [1.29, 1.82) is 0 Å². The summed E-state index contributed by atoms with van der Waals surface area (Å²) < 4.78 is 5.06. The highest BCUT2D eigenvalue weighted by atomic mass is 32.1. The molecule has 0 fully saturated rings. The number of hydrogen-bond acceptors (Lipinski definition) is 5. The first kappa shape index (κ1) is 11.6. The summed E-state index contributed by atoms with van der Waals surface area (Å²) in [4.78, 5) is 21.3. The molecule has 0 saturated heterocycles. The van der Waals surface area contributed by atoms with Gasteiger partial charge in [0.05, 0.1) is 10.5 Å². The second kappa shape index (κ2) is 3.98. The van der Waals surface area contributed by atoms with E-state index in [-0.39, 0.29) is 10.6 Å². The Morgan fingerprint density at radius 3 is 2.53 bits per heavy atom. The van der Waals surface area contributed by atoms with Crippen molar-refractivity contribution in [3.63, 3.8) is 0 Å². The lowest BCUT2D eigenvalue weighted by Gasteiger charge is -2.18. The highest BCUT2D eigenvalue weighted by Crippen LogP contribution is 2.24. The van der Waals surface area contributed by atoms with Gasteiger partial charge in [0.2, 0.25) is 0 Å². The van der Waals surface area contributed by atoms with Crippen LogP contribution in [0.3, 0.4) is 0 Å². The number of esters is 1. The molecule has 6 heteroatoms. The van der Waals surface area contributed by atoms with Crippen LogP contribution in [-0.4, -0.2) is 16.5 Å². The molecular weight excluding hydrogens is 218 g/mol. The van der Waals surface area contributed by atoms with Gasteiger partial charge in [-0.25, -0.2) is 4.79 Å². The van der Waals surface area contributed by atoms with Crippen LogP contribution in [0.25, 0.3) is 0 Å². The lowest BCUT2D eigenvalue weighted by atomic mass is 10.2. The molecular formula is C9H11NO4S. The summed E-state index contributed by atoms with van der Waals surface area (Å²) in [5, 5.41) is 11.7. The molecule has 0 N–H and O–H groups in total. The van der Waals surface area contributed by atoms with Gasteiger partial charge in [0, 0.05) is 11.4 Å². The molecule has 1 heterocycles. The van der Waals surface area contributed by atoms with Crippen molar-refractivity contribution in [3.05, 3.63) is 27.1 Å². The van der Waals surface area contributed by atoms with Crippen LogP contribution in [0.1, 0.15) is 31.1 Å². The van der Waals surface area contributed by atoms with E-state index < -0.39 is 16.5 Å². The van der Waals surface area contributed by atoms with Crippen LogP contribution in [0.5, 0.6) is 0 Å². The summed E-state index contributed by atoms with van der Waals surface area (Å²) in [5.74, 6) is -0.535. The topological polar surface area (TPSA) is 69.4 Å². The first-order valence-electron chi connectivity index (χ1n) is 4.26. The Morgan fingerprint density at radius 2 is 2.13 bits per heavy atom. The quantitative estimate of drug-likeness (QED) is 0.444. The van der Waals surface area contributed by atoms with Gasteiger partial charge in [-0.1, -0.05) is 11.3 Å². The predicted molar refractivity (Wildman–Crippen MR) is 56.1 cm³/mol. The fourth-order valence-electron chi connectivity index (χ4n) is 0.865. The third kappa shape index (κ3) is 3.32. The van der Waals surface area contributed by atoms with Crippen molar-refractivity contribution in [3.8, 4) is 0 Å². The third-order valence-corrected chi connectivity index (χ3v) is 2.28. The molecule has 15 heavy (non-hydrogen) atoms. The molecule has 82 valence electrons. The lowest BCUT2D eigenvalue weighted by Crippen LogP contribution is -2.23. The van der Waals surface area contributed by atoms with Gasteiger partial charge in [0.15, 0.2) is 0 Å². The molecule has 0 spiro atoms. The number of carbonyl (C=O) groups excluding carboxylic acids is 1. The summed E-state index contributed by atoms with van der Waals surface area (Å²) in [6.45, 7) is 5.23. The van der Waals surface area contributed by atoms with Gasteiger partial charge >= 0.3 is 11.0 Å². The monoisotopic (exact) mass is 229 g/mol. The SMILES string of the molecule is CC(C)(C)OC(=O)c1csc([N+](=O)[O-])c1. The summed E-state index contributed by atoms with van der Waals surface area (Å²) in [6, 6.07) is 1.22. The number of thiophene rings is 1. The number of carbonyl (C=O) groups is 1. The Balaban J connectivity index is 2.79. The average molecular weight is 229 g/mol. The minimum Gasteiger partial charge on any atom is -0.456 e. The molecule has 0 aliphatic carbocycles. The maximum atomic E-state index is 11.5. The fraction of sp³-hybridized carbons (Fsp3) is 0.444. The van der Waals surface area contributed by atoms with Crippen LogP contribution >= 0.6 is 11.3 Å². The molecule has 1 rings (SSSR count). The van der Waals surface area contributed by atoms with Gasteiger partial charge in [-0.3, -0.25) is 10.1 Å². The van der Waals surface area contributed by atoms with E-state index in [0.29, 0.717) is 0 Å². The van der Waals surface area contributed by atoms with E-state index in [2.05, 4.69) is 0 Å². The lowest BCUT2D eigenvalue weighted by molar-refractivity contribution is -0.380. The van der Waals surface area contributed by atoms with Gasteiger partial charge in [-0.2, -0.15) is 0 Å². The van der Waals surface area contributed by atoms with Gasteiger partial charge < -0.3 is 4.74 Å². The average Bonchev–Trinajstić information content (AvgIpc) is 2.47.